The number of nitrogens with zero attached hydrogens (tertiary/aromatic N) is 4. The zero-order chi connectivity index (χ0) is 44.8. The van der Waals surface area contributed by atoms with E-state index in [-0.39, 0.29) is 42.5 Å². The zero-order valence-electron chi connectivity index (χ0n) is 36.9. The maximum Gasteiger partial charge on any atom is 0.408 e. The van der Waals surface area contributed by atoms with E-state index in [1.165, 1.54) is 17.6 Å². The molecule has 3 amide bonds. The summed E-state index contributed by atoms with van der Waals surface area (Å²) in [5.74, 6) is -0.504. The minimum Gasteiger partial charge on any atom is -0.491 e. The highest BCUT2D eigenvalue weighted by Crippen LogP contribution is 2.52. The number of anilines is 1. The van der Waals surface area contributed by atoms with Crippen LogP contribution in [0.3, 0.4) is 0 Å². The van der Waals surface area contributed by atoms with Gasteiger partial charge < -0.3 is 49.3 Å². The summed E-state index contributed by atoms with van der Waals surface area (Å²) in [4.78, 5) is 68.2. The topological polar surface area (TPSA) is 207 Å². The normalized spacial score (nSPS) is 27.1. The molecule has 0 bridgehead atoms. The van der Waals surface area contributed by atoms with Gasteiger partial charge in [0.05, 0.1) is 31.0 Å². The number of amides is 3. The van der Waals surface area contributed by atoms with Crippen molar-refractivity contribution in [3.63, 3.8) is 0 Å². The van der Waals surface area contributed by atoms with E-state index in [9.17, 15) is 24.3 Å². The molecule has 3 aliphatic carbocycles. The lowest BCUT2D eigenvalue weighted by atomic mass is 9.85. The van der Waals surface area contributed by atoms with Crippen molar-refractivity contribution >= 4 is 52.4 Å². The largest absolute Gasteiger partial charge is 0.491 e. The van der Waals surface area contributed by atoms with Crippen molar-refractivity contribution < 1.29 is 47.6 Å². The number of alkyl carbamates (subject to hydrolysis) is 1. The van der Waals surface area contributed by atoms with Gasteiger partial charge in [-0.1, -0.05) is 45.7 Å². The molecule has 3 aromatic rings. The van der Waals surface area contributed by atoms with Crippen LogP contribution >= 0.6 is 11.6 Å². The number of carbonyl (C=O) groups is 4. The lowest BCUT2D eigenvalue weighted by molar-refractivity contribution is -0.146. The van der Waals surface area contributed by atoms with Crippen LogP contribution in [0.2, 0.25) is 5.02 Å². The molecule has 18 heteroatoms. The third kappa shape index (κ3) is 9.80. The Morgan fingerprint density at radius 1 is 1.02 bits per heavy atom. The first-order valence-electron chi connectivity index (χ1n) is 22.3. The van der Waals surface area contributed by atoms with Crippen molar-refractivity contribution in [3.8, 4) is 22.9 Å². The van der Waals surface area contributed by atoms with Gasteiger partial charge in [-0.3, -0.25) is 14.5 Å². The Hall–Kier alpha value is -4.87. The fourth-order valence-electron chi connectivity index (χ4n) is 9.38. The number of hydrogen-bond donors (Lipinski definition) is 4. The third-order valence-electron chi connectivity index (χ3n) is 13.1. The van der Waals surface area contributed by atoms with E-state index in [2.05, 4.69) is 25.8 Å². The van der Waals surface area contributed by atoms with Crippen LogP contribution in [0.25, 0.3) is 22.3 Å². The molecule has 4 heterocycles. The number of hydrogen-bond acceptors (Lipinski definition) is 13. The van der Waals surface area contributed by atoms with E-state index in [1.54, 1.807) is 12.1 Å². The van der Waals surface area contributed by atoms with Crippen LogP contribution in [0.15, 0.2) is 28.9 Å². The molecule has 5 aliphatic rings. The second-order valence-corrected chi connectivity index (χ2v) is 19.6. The number of benzene rings is 1. The summed E-state index contributed by atoms with van der Waals surface area (Å²) in [6, 6.07) is 3.44. The van der Waals surface area contributed by atoms with Gasteiger partial charge in [-0.05, 0) is 74.8 Å². The number of carboxylic acids is 1. The summed E-state index contributed by atoms with van der Waals surface area (Å²) in [5, 5.41) is 19.8. The summed E-state index contributed by atoms with van der Waals surface area (Å²) in [5.41, 5.74) is -1.04. The Labute approximate surface area is 372 Å². The van der Waals surface area contributed by atoms with Crippen LogP contribution in [0.5, 0.6) is 11.5 Å². The summed E-state index contributed by atoms with van der Waals surface area (Å²) in [7, 11) is 0. The van der Waals surface area contributed by atoms with Crippen LogP contribution in [-0.4, -0.2) is 131 Å². The van der Waals surface area contributed by atoms with Crippen LogP contribution < -0.4 is 25.4 Å². The maximum atomic E-state index is 14.8. The van der Waals surface area contributed by atoms with E-state index < -0.39 is 53.0 Å². The van der Waals surface area contributed by atoms with Crippen LogP contribution in [-0.2, 0) is 23.9 Å². The lowest BCUT2D eigenvalue weighted by Crippen LogP contribution is -2.59. The van der Waals surface area contributed by atoms with Crippen molar-refractivity contribution in [2.75, 3.05) is 51.3 Å². The predicted molar refractivity (Wildman–Crippen MR) is 233 cm³/mol. The van der Waals surface area contributed by atoms with Crippen molar-refractivity contribution in [1.82, 2.24) is 30.4 Å². The second-order valence-electron chi connectivity index (χ2n) is 19.2. The number of likely N-dealkylation sites (tertiary alicyclic amines) is 1. The highest BCUT2D eigenvalue weighted by Gasteiger charge is 2.61. The summed E-state index contributed by atoms with van der Waals surface area (Å²) in [6.07, 6.45) is 3.50. The average Bonchev–Trinajstić information content (AvgIpc) is 3.91. The molecule has 5 fully saturated rings. The molecule has 0 spiro atoms. The molecule has 4 N–H and O–H groups in total. The first kappa shape index (κ1) is 44.7. The van der Waals surface area contributed by atoms with Gasteiger partial charge in [0.1, 0.15) is 64.9 Å². The zero-order valence-corrected chi connectivity index (χ0v) is 37.7. The van der Waals surface area contributed by atoms with Gasteiger partial charge in [-0.25, -0.2) is 14.6 Å². The van der Waals surface area contributed by atoms with Crippen molar-refractivity contribution in [3.05, 3.63) is 29.5 Å². The predicted octanol–water partition coefficient (Wildman–Crippen LogP) is 5.73. The van der Waals surface area contributed by atoms with E-state index in [1.807, 2.05) is 47.6 Å². The molecule has 8 rings (SSSR count). The first-order valence-corrected chi connectivity index (χ1v) is 22.7. The molecule has 63 heavy (non-hydrogen) atoms. The van der Waals surface area contributed by atoms with Gasteiger partial charge in [-0.2, -0.15) is 4.98 Å². The minimum atomic E-state index is -1.43. The van der Waals surface area contributed by atoms with Gasteiger partial charge in [0, 0.05) is 43.5 Å². The van der Waals surface area contributed by atoms with Crippen LogP contribution in [0.4, 0.5) is 10.8 Å². The molecular weight excluding hydrogens is 834 g/mol. The Morgan fingerprint density at radius 2 is 1.76 bits per heavy atom. The number of carbonyl (C=O) groups excluding carboxylic acids is 3. The third-order valence-corrected chi connectivity index (χ3v) is 13.5. The van der Waals surface area contributed by atoms with Crippen molar-refractivity contribution in [2.45, 2.75) is 116 Å². The van der Waals surface area contributed by atoms with Crippen LogP contribution in [0, 0.1) is 23.2 Å². The number of halogens is 1. The Kier molecular flexibility index (Phi) is 12.7. The number of morpholine rings is 1. The molecule has 2 saturated heterocycles. The fraction of sp³-hybridized carbons (Fsp3) is 0.644. The number of aliphatic carboxylic acids is 1. The number of oxazole rings is 1. The Balaban J connectivity index is 1.09. The average molecular weight is 894 g/mol. The highest BCUT2D eigenvalue weighted by molar-refractivity contribution is 6.36. The molecule has 3 saturated carbocycles. The number of fused-ring (bicyclic) bond motifs is 2. The number of ether oxygens (including phenoxy) is 4. The molecule has 1 unspecified atom stereocenters. The summed E-state index contributed by atoms with van der Waals surface area (Å²) in [6.45, 7) is 15.3. The number of aromatic nitrogens is 2. The molecule has 342 valence electrons. The van der Waals surface area contributed by atoms with E-state index in [0.717, 1.165) is 25.9 Å². The first-order chi connectivity index (χ1) is 30.0. The van der Waals surface area contributed by atoms with E-state index in [0.29, 0.717) is 84.4 Å². The monoisotopic (exact) mass is 893 g/mol. The summed E-state index contributed by atoms with van der Waals surface area (Å²) < 4.78 is 29.9. The van der Waals surface area contributed by atoms with E-state index >= 15 is 0 Å². The van der Waals surface area contributed by atoms with Crippen LogP contribution in [0.1, 0.15) is 80.1 Å². The second kappa shape index (κ2) is 18.0. The fourth-order valence-corrected chi connectivity index (χ4v) is 9.65. The van der Waals surface area contributed by atoms with Gasteiger partial charge in [-0.15, -0.1) is 0 Å². The SMILES string of the molecule is CC[C@@H]1C[C@]1(NC(=O)[C@@H]1C[C@@H](Oc2cc(-c3coc(NC(C)C)n3)nc3c(Cl)c(OCCN4CCOCC4)ccc23)CN1C(=O)[C@@H](NC(=O)OC1C[C@@H]2C[C@@H]2C1)C(C)(C)C)C(=O)O. The molecule has 2 aromatic heterocycles. The molecular formula is C45H60ClN7O10. The molecule has 1 aromatic carbocycles. The number of carboxylic acid groups (broad SMARTS) is 1. The highest BCUT2D eigenvalue weighted by atomic mass is 35.5. The minimum absolute atomic E-state index is 0.0260. The Morgan fingerprint density at radius 3 is 2.43 bits per heavy atom. The maximum absolute atomic E-state index is 14.8. The lowest BCUT2D eigenvalue weighted by Gasteiger charge is -2.35. The number of nitrogens with one attached hydrogen (secondary N) is 3. The quantitative estimate of drug-likeness (QED) is 0.136. The van der Waals surface area contributed by atoms with Gasteiger partial charge in [0.25, 0.3) is 6.01 Å². The van der Waals surface area contributed by atoms with Gasteiger partial charge in [0.15, 0.2) is 0 Å². The molecule has 8 atom stereocenters. The summed E-state index contributed by atoms with van der Waals surface area (Å²) >= 11 is 7.08. The van der Waals surface area contributed by atoms with Crippen molar-refractivity contribution in [2.24, 2.45) is 23.2 Å². The molecule has 0 radical (unpaired) electrons. The smallest absolute Gasteiger partial charge is 0.408 e. The Bertz CT molecular complexity index is 2200. The number of rotatable bonds is 16. The van der Waals surface area contributed by atoms with E-state index in [4.69, 9.17) is 39.9 Å². The standard InChI is InChI=1S/C45H60ClN7O10/c1-7-27-21-45(27,41(56)57)51-39(54)33-19-29(22-53(33)40(55)38(44(4,5)6)50-43(58)63-28-17-25-16-26(25)18-28)62-35-20-31(32-23-61-42(49-32)47-24(2)3)48-37-30(35)8-9-34(36(37)46)60-15-12-52-10-13-59-14-11-52/h8-9,20,23-29,33,38H,7,10-19,21-22H2,1-6H3,(H,47,49)(H,50,58)(H,51,54)(H,56,57)/t25-,26+,27-,28?,29-,33+,38-,45-/m1/s1. The van der Waals surface area contributed by atoms with Gasteiger partial charge >= 0.3 is 12.1 Å². The molecule has 17 nitrogen and oxygen atoms in total. The van der Waals surface area contributed by atoms with Gasteiger partial charge in [0.2, 0.25) is 11.8 Å². The molecule has 2 aliphatic heterocycles. The van der Waals surface area contributed by atoms with Crippen molar-refractivity contribution in [1.29, 1.82) is 0 Å². The number of pyridine rings is 1.